The molecule has 2 fully saturated rings. The van der Waals surface area contributed by atoms with E-state index in [9.17, 15) is 14.7 Å². The first-order valence-electron chi connectivity index (χ1n) is 16.3. The van der Waals surface area contributed by atoms with Crippen LogP contribution in [0.1, 0.15) is 49.8 Å². The Kier molecular flexibility index (Phi) is 11.4. The van der Waals surface area contributed by atoms with E-state index in [2.05, 4.69) is 69.8 Å². The third kappa shape index (κ3) is 9.05. The number of rotatable bonds is 11. The summed E-state index contributed by atoms with van der Waals surface area (Å²) < 4.78 is 0. The minimum atomic E-state index is -0.749. The SMILES string of the molecule is CC1CN(Cc2ccccc2)CCN1C(C1=CC=C=CC(C(=O)N2CCCN(CCCCC(=O)O)CC2)=C1)c1cccc(O)c1. The fourth-order valence-corrected chi connectivity index (χ4v) is 6.72. The molecule has 45 heavy (non-hydrogen) atoms. The number of benzene rings is 2. The van der Waals surface area contributed by atoms with Crippen molar-refractivity contribution < 1.29 is 19.8 Å². The maximum absolute atomic E-state index is 13.9. The number of amides is 1. The van der Waals surface area contributed by atoms with E-state index < -0.39 is 5.97 Å². The quantitative estimate of drug-likeness (QED) is 0.273. The molecule has 1 amide bonds. The Morgan fingerprint density at radius 1 is 0.956 bits per heavy atom. The molecule has 0 aromatic heterocycles. The van der Waals surface area contributed by atoms with Crippen LogP contribution in [0.2, 0.25) is 0 Å². The van der Waals surface area contributed by atoms with E-state index in [1.54, 1.807) is 12.1 Å². The van der Waals surface area contributed by atoms with Gasteiger partial charge in [0, 0.05) is 63.8 Å². The Labute approximate surface area is 267 Å². The maximum Gasteiger partial charge on any atom is 0.303 e. The van der Waals surface area contributed by atoms with Crippen LogP contribution in [0, 0.1) is 0 Å². The van der Waals surface area contributed by atoms with Crippen LogP contribution in [-0.2, 0) is 16.1 Å². The standard InChI is InChI=1S/C37H46N4O4/c1-29-27-39(28-30-11-3-2-4-12-30)22-24-41(29)36(32-15-9-16-34(42)26-32)31-13-5-6-14-33(25-31)37(45)40-20-10-19-38(21-23-40)18-8-7-17-35(43)44/h2-5,9,11-16,25-26,29,36,42H,7-8,10,17-24,27-28H2,1H3,(H,43,44). The molecule has 0 bridgehead atoms. The predicted octanol–water partition coefficient (Wildman–Crippen LogP) is 5.01. The van der Waals surface area contributed by atoms with Gasteiger partial charge in [0.25, 0.3) is 5.91 Å². The van der Waals surface area contributed by atoms with Crippen molar-refractivity contribution in [3.63, 3.8) is 0 Å². The second kappa shape index (κ2) is 15.9. The smallest absolute Gasteiger partial charge is 0.303 e. The number of hydrogen-bond acceptors (Lipinski definition) is 6. The van der Waals surface area contributed by atoms with Crippen LogP contribution in [0.4, 0.5) is 0 Å². The number of carbonyl (C=O) groups is 2. The van der Waals surface area contributed by atoms with Gasteiger partial charge in [-0.15, -0.1) is 5.73 Å². The van der Waals surface area contributed by atoms with Crippen molar-refractivity contribution in [3.8, 4) is 5.75 Å². The van der Waals surface area contributed by atoms with Crippen LogP contribution in [0.25, 0.3) is 0 Å². The monoisotopic (exact) mass is 610 g/mol. The van der Waals surface area contributed by atoms with Crippen molar-refractivity contribution in [2.45, 2.75) is 51.2 Å². The number of aromatic hydroxyl groups is 1. The highest BCUT2D eigenvalue weighted by atomic mass is 16.4. The van der Waals surface area contributed by atoms with E-state index in [0.29, 0.717) is 25.1 Å². The van der Waals surface area contributed by atoms with Gasteiger partial charge in [-0.1, -0.05) is 42.5 Å². The number of carbonyl (C=O) groups excluding carboxylic acids is 1. The highest BCUT2D eigenvalue weighted by molar-refractivity contribution is 5.97. The molecule has 1 aliphatic carbocycles. The van der Waals surface area contributed by atoms with Crippen molar-refractivity contribution in [3.05, 3.63) is 107 Å². The van der Waals surface area contributed by atoms with Crippen LogP contribution in [-0.4, -0.2) is 100 Å². The number of piperazine rings is 1. The van der Waals surface area contributed by atoms with Gasteiger partial charge in [0.2, 0.25) is 0 Å². The van der Waals surface area contributed by atoms with Crippen LogP contribution < -0.4 is 0 Å². The van der Waals surface area contributed by atoms with Crippen molar-refractivity contribution in [1.29, 1.82) is 0 Å². The lowest BCUT2D eigenvalue weighted by molar-refractivity contribution is -0.137. The van der Waals surface area contributed by atoms with Gasteiger partial charge in [-0.25, -0.2) is 0 Å². The summed E-state index contributed by atoms with van der Waals surface area (Å²) in [6.07, 6.45) is 10.4. The Balaban J connectivity index is 1.31. The van der Waals surface area contributed by atoms with E-state index in [0.717, 1.165) is 69.8 Å². The third-order valence-electron chi connectivity index (χ3n) is 9.02. The lowest BCUT2D eigenvalue weighted by atomic mass is 9.92. The van der Waals surface area contributed by atoms with Crippen molar-refractivity contribution in [2.24, 2.45) is 0 Å². The average molecular weight is 611 g/mol. The van der Waals surface area contributed by atoms with Gasteiger partial charge in [-0.2, -0.15) is 0 Å². The first-order valence-corrected chi connectivity index (χ1v) is 16.3. The molecule has 2 aromatic carbocycles. The van der Waals surface area contributed by atoms with Gasteiger partial charge in [-0.05, 0) is 92.4 Å². The molecule has 238 valence electrons. The fraction of sp³-hybridized carbons (Fsp3) is 0.432. The van der Waals surface area contributed by atoms with Gasteiger partial charge in [0.15, 0.2) is 0 Å². The molecule has 0 saturated carbocycles. The number of phenolic OH excluding ortho intramolecular Hbond substituents is 1. The summed E-state index contributed by atoms with van der Waals surface area (Å²) in [5, 5.41) is 19.4. The summed E-state index contributed by atoms with van der Waals surface area (Å²) in [5.74, 6) is -0.513. The highest BCUT2D eigenvalue weighted by Crippen LogP contribution is 2.35. The molecular formula is C37H46N4O4. The summed E-state index contributed by atoms with van der Waals surface area (Å²) in [6, 6.07) is 18.2. The summed E-state index contributed by atoms with van der Waals surface area (Å²) >= 11 is 0. The maximum atomic E-state index is 13.9. The van der Waals surface area contributed by atoms with Crippen molar-refractivity contribution in [2.75, 3.05) is 52.4 Å². The molecular weight excluding hydrogens is 564 g/mol. The van der Waals surface area contributed by atoms with Gasteiger partial charge < -0.3 is 20.0 Å². The summed E-state index contributed by atoms with van der Waals surface area (Å²) in [7, 11) is 0. The Morgan fingerprint density at radius 3 is 2.56 bits per heavy atom. The Morgan fingerprint density at radius 2 is 1.78 bits per heavy atom. The molecule has 2 N–H and O–H groups in total. The molecule has 2 atom stereocenters. The van der Waals surface area contributed by atoms with Gasteiger partial charge in [0.1, 0.15) is 5.75 Å². The van der Waals surface area contributed by atoms with E-state index in [-0.39, 0.29) is 30.2 Å². The molecule has 0 radical (unpaired) electrons. The molecule has 8 heteroatoms. The molecule has 2 saturated heterocycles. The zero-order valence-electron chi connectivity index (χ0n) is 26.4. The topological polar surface area (TPSA) is 87.6 Å². The Hall–Kier alpha value is -3.94. The molecule has 2 unspecified atom stereocenters. The molecule has 2 aliphatic heterocycles. The number of nitrogens with zero attached hydrogens (tertiary/aromatic N) is 4. The zero-order valence-corrected chi connectivity index (χ0v) is 26.4. The van der Waals surface area contributed by atoms with Gasteiger partial charge in [0.05, 0.1) is 6.04 Å². The van der Waals surface area contributed by atoms with Crippen LogP contribution in [0.5, 0.6) is 5.75 Å². The van der Waals surface area contributed by atoms with E-state index >= 15 is 0 Å². The Bertz CT molecular complexity index is 1450. The minimum absolute atomic E-state index is 0.00631. The number of unbranched alkanes of at least 4 members (excludes halogenated alkanes) is 1. The average Bonchev–Trinajstić information content (AvgIpc) is 3.42. The number of allylic oxidation sites excluding steroid dienone is 1. The minimum Gasteiger partial charge on any atom is -0.508 e. The summed E-state index contributed by atoms with van der Waals surface area (Å²) in [5.41, 5.74) is 7.13. The lowest BCUT2D eigenvalue weighted by Gasteiger charge is -2.44. The molecule has 8 nitrogen and oxygen atoms in total. The normalized spacial score (nSPS) is 20.6. The third-order valence-corrected chi connectivity index (χ3v) is 9.02. The van der Waals surface area contributed by atoms with Crippen molar-refractivity contribution in [1.82, 2.24) is 19.6 Å². The second-order valence-corrected chi connectivity index (χ2v) is 12.4. The van der Waals surface area contributed by atoms with Crippen molar-refractivity contribution >= 4 is 11.9 Å². The molecule has 2 heterocycles. The number of phenols is 1. The van der Waals surface area contributed by atoms with E-state index in [1.807, 2.05) is 29.2 Å². The van der Waals surface area contributed by atoms with Crippen LogP contribution in [0.15, 0.2) is 95.8 Å². The van der Waals surface area contributed by atoms with Crippen LogP contribution in [0.3, 0.4) is 0 Å². The van der Waals surface area contributed by atoms with E-state index in [1.165, 1.54) is 5.56 Å². The first-order chi connectivity index (χ1) is 21.9. The first kappa shape index (κ1) is 32.5. The summed E-state index contributed by atoms with van der Waals surface area (Å²) in [6.45, 7) is 9.75. The van der Waals surface area contributed by atoms with Gasteiger partial charge >= 0.3 is 5.97 Å². The number of aliphatic carboxylic acids is 1. The number of carboxylic acids is 1. The zero-order chi connectivity index (χ0) is 31.6. The predicted molar refractivity (Wildman–Crippen MR) is 177 cm³/mol. The van der Waals surface area contributed by atoms with Gasteiger partial charge in [-0.3, -0.25) is 19.4 Å². The second-order valence-electron chi connectivity index (χ2n) is 12.4. The summed E-state index contributed by atoms with van der Waals surface area (Å²) in [4.78, 5) is 34.0. The number of hydrogen-bond donors (Lipinski definition) is 2. The molecule has 2 aromatic rings. The molecule has 0 spiro atoms. The molecule has 3 aliphatic rings. The van der Waals surface area contributed by atoms with E-state index in [4.69, 9.17) is 5.11 Å². The fourth-order valence-electron chi connectivity index (χ4n) is 6.72. The molecule has 5 rings (SSSR count). The lowest BCUT2D eigenvalue weighted by Crippen LogP contribution is -2.52. The number of carboxylic acid groups (broad SMARTS) is 1. The van der Waals surface area contributed by atoms with Crippen LogP contribution >= 0.6 is 0 Å². The largest absolute Gasteiger partial charge is 0.508 e. The highest BCUT2D eigenvalue weighted by Gasteiger charge is 2.33.